The fraction of sp³-hybridized carbons (Fsp3) is 0.133. The van der Waals surface area contributed by atoms with Crippen LogP contribution in [0.2, 0.25) is 0 Å². The summed E-state index contributed by atoms with van der Waals surface area (Å²) in [6, 6.07) is 31.3. The summed E-state index contributed by atoms with van der Waals surface area (Å²) in [4.78, 5) is 45.1. The van der Waals surface area contributed by atoms with Gasteiger partial charge in [-0.2, -0.15) is 0 Å². The van der Waals surface area contributed by atoms with Crippen LogP contribution >= 0.6 is 0 Å². The van der Waals surface area contributed by atoms with Gasteiger partial charge in [0.1, 0.15) is 18.3 Å². The highest BCUT2D eigenvalue weighted by Gasteiger charge is 2.60. The summed E-state index contributed by atoms with van der Waals surface area (Å²) in [5.41, 5.74) is 2.44. The molecule has 4 aromatic carbocycles. The highest BCUT2D eigenvalue weighted by molar-refractivity contribution is 6.24. The molecule has 0 aromatic heterocycles. The molecule has 0 N–H and O–H groups in total. The molecule has 2 heterocycles. The van der Waals surface area contributed by atoms with Crippen molar-refractivity contribution in [3.05, 3.63) is 130 Å². The van der Waals surface area contributed by atoms with Crippen molar-refractivity contribution in [2.75, 3.05) is 9.96 Å². The fourth-order valence-electron chi connectivity index (χ4n) is 5.05. The van der Waals surface area contributed by atoms with Gasteiger partial charge in [0.2, 0.25) is 5.91 Å². The van der Waals surface area contributed by atoms with Crippen molar-refractivity contribution in [1.82, 2.24) is 0 Å². The van der Waals surface area contributed by atoms with Gasteiger partial charge in [-0.05, 0) is 41.5 Å². The van der Waals surface area contributed by atoms with E-state index in [4.69, 9.17) is 9.57 Å². The number of rotatable bonds is 7. The predicted molar refractivity (Wildman–Crippen MR) is 143 cm³/mol. The highest BCUT2D eigenvalue weighted by Crippen LogP contribution is 2.48. The van der Waals surface area contributed by atoms with E-state index in [9.17, 15) is 19.7 Å². The molecule has 194 valence electrons. The van der Waals surface area contributed by atoms with E-state index in [1.165, 1.54) is 24.3 Å². The lowest BCUT2D eigenvalue weighted by molar-refractivity contribution is -0.384. The number of hydrogen-bond donors (Lipinski definition) is 0. The molecule has 0 bridgehead atoms. The molecule has 9 heteroatoms. The Bertz CT molecular complexity index is 1530. The SMILES string of the molecule is O=C1C2ON(c3ccccc3)C(c3ccc(OCc4ccccc4)cc3)C2C(=O)N1c1cccc([N+](=O)[O-])c1. The Hall–Kier alpha value is -5.02. The van der Waals surface area contributed by atoms with Crippen molar-refractivity contribution in [2.45, 2.75) is 18.8 Å². The fourth-order valence-corrected chi connectivity index (χ4v) is 5.05. The van der Waals surface area contributed by atoms with Crippen LogP contribution in [0.25, 0.3) is 0 Å². The number of hydroxylamine groups is 1. The van der Waals surface area contributed by atoms with Gasteiger partial charge in [-0.25, -0.2) is 9.96 Å². The zero-order valence-electron chi connectivity index (χ0n) is 20.6. The third kappa shape index (κ3) is 4.49. The van der Waals surface area contributed by atoms with Gasteiger partial charge in [-0.15, -0.1) is 0 Å². The Labute approximate surface area is 223 Å². The Balaban J connectivity index is 1.32. The van der Waals surface area contributed by atoms with E-state index in [0.29, 0.717) is 18.0 Å². The Morgan fingerprint density at radius 1 is 0.795 bits per heavy atom. The summed E-state index contributed by atoms with van der Waals surface area (Å²) in [6.45, 7) is 0.415. The molecule has 4 aromatic rings. The second-order valence-corrected chi connectivity index (χ2v) is 9.29. The maximum Gasteiger partial charge on any atom is 0.271 e. The number of amides is 2. The standard InChI is InChI=1S/C30H23N3O6/c34-29-26-27(21-14-16-25(17-15-21)38-19-20-8-3-1-4-9-20)32(22-10-5-2-6-11-22)39-28(26)30(35)31(29)23-12-7-13-24(18-23)33(36)37/h1-18,26-28H,19H2. The second-order valence-electron chi connectivity index (χ2n) is 9.29. The summed E-state index contributed by atoms with van der Waals surface area (Å²) in [7, 11) is 0. The summed E-state index contributed by atoms with van der Waals surface area (Å²) in [5.74, 6) is -1.22. The van der Waals surface area contributed by atoms with Gasteiger partial charge in [-0.1, -0.05) is 66.7 Å². The van der Waals surface area contributed by atoms with Crippen molar-refractivity contribution < 1.29 is 24.1 Å². The molecule has 2 aliphatic rings. The van der Waals surface area contributed by atoms with Crippen molar-refractivity contribution in [2.24, 2.45) is 5.92 Å². The first-order chi connectivity index (χ1) is 19.0. The summed E-state index contributed by atoms with van der Waals surface area (Å²) >= 11 is 0. The zero-order valence-corrected chi connectivity index (χ0v) is 20.6. The van der Waals surface area contributed by atoms with Crippen molar-refractivity contribution in [3.63, 3.8) is 0 Å². The smallest absolute Gasteiger partial charge is 0.271 e. The van der Waals surface area contributed by atoms with Gasteiger partial charge < -0.3 is 4.74 Å². The average molecular weight is 522 g/mol. The predicted octanol–water partition coefficient (Wildman–Crippen LogP) is 5.22. The van der Waals surface area contributed by atoms with E-state index >= 15 is 0 Å². The number of benzene rings is 4. The minimum absolute atomic E-state index is 0.145. The van der Waals surface area contributed by atoms with Crippen molar-refractivity contribution >= 4 is 28.9 Å². The van der Waals surface area contributed by atoms with Crippen LogP contribution in [-0.2, 0) is 21.0 Å². The molecule has 0 aliphatic carbocycles. The van der Waals surface area contributed by atoms with Crippen LogP contribution in [0.1, 0.15) is 17.2 Å². The lowest BCUT2D eigenvalue weighted by atomic mass is 9.90. The molecule has 2 aliphatic heterocycles. The molecule has 39 heavy (non-hydrogen) atoms. The number of fused-ring (bicyclic) bond motifs is 1. The van der Waals surface area contributed by atoms with Gasteiger partial charge in [0.15, 0.2) is 6.10 Å². The van der Waals surface area contributed by atoms with Gasteiger partial charge >= 0.3 is 0 Å². The summed E-state index contributed by atoms with van der Waals surface area (Å²) < 4.78 is 5.92. The first kappa shape index (κ1) is 24.3. The Kier molecular flexibility index (Phi) is 6.26. The molecule has 2 saturated heterocycles. The number of anilines is 2. The number of carbonyl (C=O) groups excluding carboxylic acids is 2. The van der Waals surface area contributed by atoms with Gasteiger partial charge in [0.05, 0.1) is 22.3 Å². The van der Waals surface area contributed by atoms with Gasteiger partial charge in [0.25, 0.3) is 11.6 Å². The highest BCUT2D eigenvalue weighted by atomic mass is 16.7. The van der Waals surface area contributed by atoms with E-state index in [-0.39, 0.29) is 11.4 Å². The van der Waals surface area contributed by atoms with E-state index in [2.05, 4.69) is 0 Å². The minimum atomic E-state index is -1.07. The molecule has 3 atom stereocenters. The zero-order chi connectivity index (χ0) is 26.9. The van der Waals surface area contributed by atoms with Crippen LogP contribution < -0.4 is 14.7 Å². The molecular formula is C30H23N3O6. The molecule has 0 radical (unpaired) electrons. The number of hydrogen-bond acceptors (Lipinski definition) is 7. The summed E-state index contributed by atoms with van der Waals surface area (Å²) in [5, 5.41) is 12.9. The number of non-ortho nitro benzene ring substituents is 1. The molecular weight excluding hydrogens is 498 g/mol. The largest absolute Gasteiger partial charge is 0.489 e. The third-order valence-electron chi connectivity index (χ3n) is 6.89. The van der Waals surface area contributed by atoms with E-state index < -0.39 is 34.8 Å². The van der Waals surface area contributed by atoms with Crippen LogP contribution in [0.3, 0.4) is 0 Å². The average Bonchev–Trinajstić information content (AvgIpc) is 3.48. The Morgan fingerprint density at radius 2 is 1.46 bits per heavy atom. The van der Waals surface area contributed by atoms with Crippen molar-refractivity contribution in [3.8, 4) is 5.75 Å². The van der Waals surface area contributed by atoms with E-state index in [1.807, 2.05) is 84.9 Å². The third-order valence-corrected chi connectivity index (χ3v) is 6.89. The number of nitro groups is 1. The van der Waals surface area contributed by atoms with Crippen LogP contribution in [0, 0.1) is 16.0 Å². The maximum absolute atomic E-state index is 13.8. The van der Waals surface area contributed by atoms with E-state index in [0.717, 1.165) is 16.0 Å². The normalized spacial score (nSPS) is 20.3. The maximum atomic E-state index is 13.8. The number of nitrogens with zero attached hydrogens (tertiary/aromatic N) is 3. The van der Waals surface area contributed by atoms with Gasteiger partial charge in [-0.3, -0.25) is 24.5 Å². The first-order valence-corrected chi connectivity index (χ1v) is 12.4. The lowest BCUT2D eigenvalue weighted by Gasteiger charge is -2.28. The minimum Gasteiger partial charge on any atom is -0.489 e. The number of ether oxygens (including phenoxy) is 1. The lowest BCUT2D eigenvalue weighted by Crippen LogP contribution is -2.37. The quantitative estimate of drug-likeness (QED) is 0.187. The van der Waals surface area contributed by atoms with Crippen LogP contribution in [0.5, 0.6) is 5.75 Å². The molecule has 9 nitrogen and oxygen atoms in total. The van der Waals surface area contributed by atoms with Crippen LogP contribution in [-0.4, -0.2) is 22.8 Å². The van der Waals surface area contributed by atoms with Gasteiger partial charge in [0, 0.05) is 12.1 Å². The molecule has 2 fully saturated rings. The number of nitro benzene ring substituents is 1. The number of imide groups is 1. The molecule has 3 unspecified atom stereocenters. The Morgan fingerprint density at radius 3 is 2.15 bits per heavy atom. The molecule has 0 saturated carbocycles. The monoisotopic (exact) mass is 521 g/mol. The second kappa shape index (κ2) is 10.0. The van der Waals surface area contributed by atoms with Crippen LogP contribution in [0.4, 0.5) is 17.1 Å². The topological polar surface area (TPSA) is 102 Å². The molecule has 6 rings (SSSR count). The first-order valence-electron chi connectivity index (χ1n) is 12.4. The summed E-state index contributed by atoms with van der Waals surface area (Å²) in [6.07, 6.45) is -1.07. The molecule has 2 amide bonds. The number of para-hydroxylation sites is 1. The van der Waals surface area contributed by atoms with E-state index in [1.54, 1.807) is 5.06 Å². The molecule has 0 spiro atoms. The number of carbonyl (C=O) groups is 2. The van der Waals surface area contributed by atoms with Crippen molar-refractivity contribution in [1.29, 1.82) is 0 Å². The van der Waals surface area contributed by atoms with Crippen LogP contribution in [0.15, 0.2) is 109 Å².